The molecule has 0 amide bonds. The normalized spacial score (nSPS) is 21.0. The lowest BCUT2D eigenvalue weighted by molar-refractivity contribution is 0.457. The van der Waals surface area contributed by atoms with Crippen LogP contribution in [0.2, 0.25) is 0 Å². The van der Waals surface area contributed by atoms with E-state index in [4.69, 9.17) is 0 Å². The van der Waals surface area contributed by atoms with Crippen LogP contribution in [0.5, 0.6) is 0 Å². The summed E-state index contributed by atoms with van der Waals surface area (Å²) in [6.45, 7) is 10.4. The van der Waals surface area contributed by atoms with E-state index in [0.717, 1.165) is 24.1 Å². The largest absolute Gasteiger partial charge is 0.373 e. The molecule has 17 heavy (non-hydrogen) atoms. The summed E-state index contributed by atoms with van der Waals surface area (Å²) in [4.78, 5) is 4.46. The summed E-state index contributed by atoms with van der Waals surface area (Å²) < 4.78 is 0. The number of nitrogens with one attached hydrogen (secondary N) is 2. The fraction of sp³-hybridized carbons (Fsp3) is 0.643. The number of aromatic nitrogens is 1. The van der Waals surface area contributed by atoms with Gasteiger partial charge in [0.2, 0.25) is 0 Å². The van der Waals surface area contributed by atoms with Gasteiger partial charge in [-0.2, -0.15) is 0 Å². The Kier molecular flexibility index (Phi) is 2.80. The zero-order chi connectivity index (χ0) is 12.7. The summed E-state index contributed by atoms with van der Waals surface area (Å²) in [6, 6.07) is 6.00. The van der Waals surface area contributed by atoms with Gasteiger partial charge in [-0.1, -0.05) is 33.8 Å². The zero-order valence-electron chi connectivity index (χ0n) is 11.5. The third-order valence-electron chi connectivity index (χ3n) is 4.81. The Bertz CT molecular complexity index is 396. The maximum atomic E-state index is 4.46. The highest BCUT2D eigenvalue weighted by atomic mass is 15.1. The molecule has 1 heterocycles. The molecular weight excluding hydrogens is 210 g/mol. The molecule has 0 radical (unpaired) electrons. The van der Waals surface area contributed by atoms with Crippen LogP contribution in [0, 0.1) is 16.7 Å². The van der Waals surface area contributed by atoms with E-state index < -0.39 is 0 Å². The number of pyridine rings is 1. The molecule has 1 aliphatic rings. The van der Waals surface area contributed by atoms with E-state index in [9.17, 15) is 0 Å². The van der Waals surface area contributed by atoms with Crippen molar-refractivity contribution in [3.8, 4) is 0 Å². The smallest absolute Gasteiger partial charge is 0.128 e. The maximum absolute atomic E-state index is 4.46. The van der Waals surface area contributed by atoms with Crippen molar-refractivity contribution in [1.82, 2.24) is 4.98 Å². The molecule has 1 saturated carbocycles. The molecule has 0 aromatic carbocycles. The summed E-state index contributed by atoms with van der Waals surface area (Å²) in [6.07, 6.45) is 0. The predicted octanol–water partition coefficient (Wildman–Crippen LogP) is 3.22. The molecule has 1 fully saturated rings. The Morgan fingerprint density at radius 1 is 1.12 bits per heavy atom. The van der Waals surface area contributed by atoms with Crippen molar-refractivity contribution in [2.24, 2.45) is 16.7 Å². The van der Waals surface area contributed by atoms with Crippen LogP contribution >= 0.6 is 0 Å². The van der Waals surface area contributed by atoms with Crippen LogP contribution < -0.4 is 10.6 Å². The van der Waals surface area contributed by atoms with E-state index >= 15 is 0 Å². The number of hydrogen-bond donors (Lipinski definition) is 2. The van der Waals surface area contributed by atoms with E-state index in [2.05, 4.69) is 43.3 Å². The van der Waals surface area contributed by atoms with Crippen LogP contribution in [-0.4, -0.2) is 18.6 Å². The first-order chi connectivity index (χ1) is 7.89. The highest BCUT2D eigenvalue weighted by Gasteiger charge is 2.64. The lowest BCUT2D eigenvalue weighted by Crippen LogP contribution is -2.09. The Morgan fingerprint density at radius 3 is 2.24 bits per heavy atom. The molecule has 0 unspecified atom stereocenters. The fourth-order valence-electron chi connectivity index (χ4n) is 2.72. The SMILES string of the molecule is CNc1cccc(NCC2C(C)(C)C2(C)C)n1. The summed E-state index contributed by atoms with van der Waals surface area (Å²) in [5.74, 6) is 2.58. The number of nitrogens with zero attached hydrogens (tertiary/aromatic N) is 1. The van der Waals surface area contributed by atoms with Crippen molar-refractivity contribution in [2.45, 2.75) is 27.7 Å². The van der Waals surface area contributed by atoms with Gasteiger partial charge in [-0.25, -0.2) is 4.98 Å². The quantitative estimate of drug-likeness (QED) is 0.838. The van der Waals surface area contributed by atoms with Gasteiger partial charge >= 0.3 is 0 Å². The van der Waals surface area contributed by atoms with Gasteiger partial charge in [0.15, 0.2) is 0 Å². The minimum Gasteiger partial charge on any atom is -0.373 e. The Morgan fingerprint density at radius 2 is 1.71 bits per heavy atom. The lowest BCUT2D eigenvalue weighted by Gasteiger charge is -2.08. The van der Waals surface area contributed by atoms with Crippen LogP contribution in [-0.2, 0) is 0 Å². The maximum Gasteiger partial charge on any atom is 0.128 e. The van der Waals surface area contributed by atoms with Crippen molar-refractivity contribution < 1.29 is 0 Å². The summed E-state index contributed by atoms with van der Waals surface area (Å²) in [7, 11) is 1.89. The second-order valence-electron chi connectivity index (χ2n) is 6.03. The zero-order valence-corrected chi connectivity index (χ0v) is 11.5. The van der Waals surface area contributed by atoms with E-state index in [-0.39, 0.29) is 0 Å². The molecule has 0 saturated heterocycles. The van der Waals surface area contributed by atoms with E-state index in [1.165, 1.54) is 0 Å². The molecule has 2 N–H and O–H groups in total. The third-order valence-corrected chi connectivity index (χ3v) is 4.81. The summed E-state index contributed by atoms with van der Waals surface area (Å²) in [5, 5.41) is 6.49. The Hall–Kier alpha value is -1.25. The van der Waals surface area contributed by atoms with Gasteiger partial charge in [-0.3, -0.25) is 0 Å². The molecule has 1 aliphatic carbocycles. The molecule has 2 rings (SSSR count). The predicted molar refractivity (Wildman–Crippen MR) is 73.3 cm³/mol. The minimum absolute atomic E-state index is 0.431. The van der Waals surface area contributed by atoms with Gasteiger partial charge in [0.1, 0.15) is 11.6 Å². The second kappa shape index (κ2) is 3.90. The van der Waals surface area contributed by atoms with Crippen molar-refractivity contribution in [3.63, 3.8) is 0 Å². The monoisotopic (exact) mass is 233 g/mol. The fourth-order valence-corrected chi connectivity index (χ4v) is 2.72. The van der Waals surface area contributed by atoms with Crippen LogP contribution in [0.3, 0.4) is 0 Å². The standard InChI is InChI=1S/C14H23N3/c1-13(2)10(14(13,3)4)9-16-12-8-6-7-11(15-5)17-12/h6-8,10H,9H2,1-5H3,(H2,15,16,17). The molecular formula is C14H23N3. The van der Waals surface area contributed by atoms with E-state index in [0.29, 0.717) is 10.8 Å². The minimum atomic E-state index is 0.431. The molecule has 94 valence electrons. The van der Waals surface area contributed by atoms with E-state index in [1.807, 2.05) is 25.2 Å². The van der Waals surface area contributed by atoms with Crippen LogP contribution in [0.1, 0.15) is 27.7 Å². The van der Waals surface area contributed by atoms with Crippen LogP contribution in [0.4, 0.5) is 11.6 Å². The second-order valence-corrected chi connectivity index (χ2v) is 6.03. The molecule has 1 aromatic rings. The van der Waals surface area contributed by atoms with Crippen molar-refractivity contribution in [3.05, 3.63) is 18.2 Å². The molecule has 1 aromatic heterocycles. The number of rotatable bonds is 4. The summed E-state index contributed by atoms with van der Waals surface area (Å²) >= 11 is 0. The third kappa shape index (κ3) is 1.99. The first-order valence-electron chi connectivity index (χ1n) is 6.28. The Labute approximate surface area is 104 Å². The molecule has 0 aliphatic heterocycles. The number of hydrogen-bond acceptors (Lipinski definition) is 3. The van der Waals surface area contributed by atoms with Crippen molar-refractivity contribution in [2.75, 3.05) is 24.2 Å². The van der Waals surface area contributed by atoms with Crippen LogP contribution in [0.15, 0.2) is 18.2 Å². The van der Waals surface area contributed by atoms with Crippen molar-refractivity contribution in [1.29, 1.82) is 0 Å². The van der Waals surface area contributed by atoms with Gasteiger partial charge < -0.3 is 10.6 Å². The van der Waals surface area contributed by atoms with Gasteiger partial charge in [0, 0.05) is 13.6 Å². The highest BCUT2D eigenvalue weighted by Crippen LogP contribution is 2.68. The van der Waals surface area contributed by atoms with Gasteiger partial charge in [0.25, 0.3) is 0 Å². The van der Waals surface area contributed by atoms with Gasteiger partial charge in [-0.15, -0.1) is 0 Å². The molecule has 3 nitrogen and oxygen atoms in total. The van der Waals surface area contributed by atoms with E-state index in [1.54, 1.807) is 0 Å². The average molecular weight is 233 g/mol. The molecule has 0 spiro atoms. The molecule has 0 atom stereocenters. The molecule has 3 heteroatoms. The first kappa shape index (κ1) is 12.2. The topological polar surface area (TPSA) is 37.0 Å². The average Bonchev–Trinajstić information content (AvgIpc) is 2.67. The highest BCUT2D eigenvalue weighted by molar-refractivity contribution is 5.45. The van der Waals surface area contributed by atoms with Crippen LogP contribution in [0.25, 0.3) is 0 Å². The van der Waals surface area contributed by atoms with Gasteiger partial charge in [-0.05, 0) is 28.9 Å². The lowest BCUT2D eigenvalue weighted by atomic mass is 10.0. The Balaban J connectivity index is 1.95. The summed E-state index contributed by atoms with van der Waals surface area (Å²) in [5.41, 5.74) is 0.862. The van der Waals surface area contributed by atoms with Gasteiger partial charge in [0.05, 0.1) is 0 Å². The number of anilines is 2. The molecule has 0 bridgehead atoms. The van der Waals surface area contributed by atoms with Crippen molar-refractivity contribution >= 4 is 11.6 Å². The first-order valence-corrected chi connectivity index (χ1v) is 6.28.